The van der Waals surface area contributed by atoms with E-state index < -0.39 is 17.6 Å². The van der Waals surface area contributed by atoms with E-state index in [1.165, 1.54) is 15.9 Å². The Labute approximate surface area is 239 Å². The molecule has 0 bridgehead atoms. The monoisotopic (exact) mass is 547 g/mol. The van der Waals surface area contributed by atoms with Gasteiger partial charge in [-0.1, -0.05) is 66.2 Å². The summed E-state index contributed by atoms with van der Waals surface area (Å²) in [5, 5.41) is 1.92. The number of hydrazine groups is 1. The molecule has 1 heterocycles. The van der Waals surface area contributed by atoms with Crippen LogP contribution in [0, 0.1) is 6.92 Å². The smallest absolute Gasteiger partial charge is 0.257 e. The first-order valence-electron chi connectivity index (χ1n) is 14.1. The molecule has 216 valence electrons. The van der Waals surface area contributed by atoms with Crippen molar-refractivity contribution in [3.63, 3.8) is 0 Å². The van der Waals surface area contributed by atoms with Crippen molar-refractivity contribution in [2.24, 2.45) is 5.73 Å². The zero-order chi connectivity index (χ0) is 29.3. The number of likely N-dealkylation sites (N-methyl/N-ethyl adjacent to an activating group) is 2. The third-order valence-corrected chi connectivity index (χ3v) is 7.32. The third-order valence-electron chi connectivity index (χ3n) is 7.32. The van der Waals surface area contributed by atoms with E-state index in [0.29, 0.717) is 19.3 Å². The van der Waals surface area contributed by atoms with Crippen LogP contribution in [0.3, 0.4) is 0 Å². The lowest BCUT2D eigenvalue weighted by Crippen LogP contribution is -2.57. The van der Waals surface area contributed by atoms with Crippen LogP contribution >= 0.6 is 0 Å². The Balaban J connectivity index is 1.88. The van der Waals surface area contributed by atoms with Gasteiger partial charge >= 0.3 is 0 Å². The van der Waals surface area contributed by atoms with Crippen LogP contribution in [0.4, 0.5) is 0 Å². The van der Waals surface area contributed by atoms with E-state index in [1.807, 2.05) is 80.4 Å². The molecular formula is C32H45N5O3. The molecule has 2 aromatic carbocycles. The molecule has 0 saturated carbocycles. The molecule has 3 amide bonds. The molecule has 2 atom stereocenters. The molecule has 1 saturated heterocycles. The first kappa shape index (κ1) is 31.0. The van der Waals surface area contributed by atoms with Crippen molar-refractivity contribution in [3.8, 4) is 0 Å². The number of nitrogens with zero attached hydrogens (tertiary/aromatic N) is 3. The van der Waals surface area contributed by atoms with E-state index in [9.17, 15) is 14.4 Å². The van der Waals surface area contributed by atoms with Crippen molar-refractivity contribution in [1.82, 2.24) is 20.2 Å². The SMILES string of the molecule is Cc1ccc(C[C@H](C(=O)N(C)[C@H](Cc2ccccc2)C(=O)NN2CCCC2)N(C)C(=O)C=CCC(C)(C)N)cc1. The molecule has 1 aliphatic rings. The summed E-state index contributed by atoms with van der Waals surface area (Å²) < 4.78 is 0. The van der Waals surface area contributed by atoms with Crippen LogP contribution in [0.1, 0.15) is 49.8 Å². The summed E-state index contributed by atoms with van der Waals surface area (Å²) in [6, 6.07) is 16.1. The molecule has 0 unspecified atom stereocenters. The highest BCUT2D eigenvalue weighted by Gasteiger charge is 2.35. The van der Waals surface area contributed by atoms with Gasteiger partial charge in [-0.3, -0.25) is 19.8 Å². The molecule has 2 aromatic rings. The maximum Gasteiger partial charge on any atom is 0.257 e. The number of aryl methyl sites for hydroxylation is 1. The van der Waals surface area contributed by atoms with Crippen molar-refractivity contribution >= 4 is 17.7 Å². The molecule has 3 N–H and O–H groups in total. The number of hydrogen-bond acceptors (Lipinski definition) is 5. The molecular weight excluding hydrogens is 502 g/mol. The van der Waals surface area contributed by atoms with Gasteiger partial charge in [0.25, 0.3) is 5.91 Å². The van der Waals surface area contributed by atoms with Gasteiger partial charge < -0.3 is 15.5 Å². The molecule has 0 radical (unpaired) electrons. The Kier molecular flexibility index (Phi) is 11.0. The van der Waals surface area contributed by atoms with E-state index >= 15 is 0 Å². The second kappa shape index (κ2) is 14.2. The van der Waals surface area contributed by atoms with E-state index in [2.05, 4.69) is 5.43 Å². The zero-order valence-corrected chi connectivity index (χ0v) is 24.6. The van der Waals surface area contributed by atoms with E-state index in [0.717, 1.165) is 42.6 Å². The average Bonchev–Trinajstić information content (AvgIpc) is 3.43. The number of nitrogens with two attached hydrogens (primary N) is 1. The fourth-order valence-corrected chi connectivity index (χ4v) is 4.76. The summed E-state index contributed by atoms with van der Waals surface area (Å²) in [7, 11) is 3.30. The molecule has 40 heavy (non-hydrogen) atoms. The van der Waals surface area contributed by atoms with E-state index in [1.54, 1.807) is 20.2 Å². The highest BCUT2D eigenvalue weighted by atomic mass is 16.2. The molecule has 1 aliphatic heterocycles. The van der Waals surface area contributed by atoms with Gasteiger partial charge in [0.05, 0.1) is 0 Å². The first-order valence-corrected chi connectivity index (χ1v) is 14.1. The van der Waals surface area contributed by atoms with Crippen molar-refractivity contribution < 1.29 is 14.4 Å². The minimum Gasteiger partial charge on any atom is -0.332 e. The van der Waals surface area contributed by atoms with Gasteiger partial charge in [-0.15, -0.1) is 0 Å². The number of hydrogen-bond donors (Lipinski definition) is 2. The number of carbonyl (C=O) groups excluding carboxylic acids is 3. The second-order valence-corrected chi connectivity index (χ2v) is 11.6. The predicted octanol–water partition coefficient (Wildman–Crippen LogP) is 3.24. The topological polar surface area (TPSA) is 99.0 Å². The molecule has 0 spiro atoms. The quantitative estimate of drug-likeness (QED) is 0.398. The highest BCUT2D eigenvalue weighted by molar-refractivity contribution is 5.95. The molecule has 0 aromatic heterocycles. The third kappa shape index (κ3) is 9.31. The number of nitrogens with one attached hydrogen (secondary N) is 1. The van der Waals surface area contributed by atoms with Crippen molar-refractivity contribution in [1.29, 1.82) is 0 Å². The summed E-state index contributed by atoms with van der Waals surface area (Å²) >= 11 is 0. The normalized spacial score (nSPS) is 15.6. The summed E-state index contributed by atoms with van der Waals surface area (Å²) in [6.45, 7) is 7.38. The van der Waals surface area contributed by atoms with Gasteiger partial charge in [-0.2, -0.15) is 0 Å². The first-order chi connectivity index (χ1) is 18.9. The van der Waals surface area contributed by atoms with E-state index in [4.69, 9.17) is 5.73 Å². The Hall–Kier alpha value is -3.49. The number of benzene rings is 2. The molecule has 3 rings (SSSR count). The zero-order valence-electron chi connectivity index (χ0n) is 24.6. The Morgan fingerprint density at radius 2 is 1.50 bits per heavy atom. The maximum absolute atomic E-state index is 14.2. The lowest BCUT2D eigenvalue weighted by Gasteiger charge is -2.35. The fraction of sp³-hybridized carbons (Fsp3) is 0.469. The standard InChI is InChI=1S/C32H45N5O3/c1-24-15-17-26(18-16-24)23-28(35(4)29(38)14-11-19-32(2,3)33)31(40)36(5)27(22-25-12-7-6-8-13-25)30(39)34-37-20-9-10-21-37/h6-8,11-18,27-28H,9-10,19-23,33H2,1-5H3,(H,34,39)/t27-,28-/m1/s1. The van der Waals surface area contributed by atoms with Crippen molar-refractivity contribution in [3.05, 3.63) is 83.4 Å². The lowest BCUT2D eigenvalue weighted by molar-refractivity contribution is -0.147. The van der Waals surface area contributed by atoms with Crippen LogP contribution in [-0.2, 0) is 27.2 Å². The van der Waals surface area contributed by atoms with Crippen LogP contribution in [0.5, 0.6) is 0 Å². The second-order valence-electron chi connectivity index (χ2n) is 11.6. The van der Waals surface area contributed by atoms with Gasteiger partial charge in [0.15, 0.2) is 0 Å². The van der Waals surface area contributed by atoms with Gasteiger partial charge in [0.1, 0.15) is 12.1 Å². The lowest BCUT2D eigenvalue weighted by atomic mass is 9.99. The van der Waals surface area contributed by atoms with E-state index in [-0.39, 0.29) is 17.7 Å². The number of rotatable bonds is 12. The molecule has 1 fully saturated rings. The fourth-order valence-electron chi connectivity index (χ4n) is 4.76. The van der Waals surface area contributed by atoms with Gasteiger partial charge in [0.2, 0.25) is 11.8 Å². The largest absolute Gasteiger partial charge is 0.332 e. The summed E-state index contributed by atoms with van der Waals surface area (Å²) in [5.41, 5.74) is 11.6. The molecule has 0 aliphatic carbocycles. The Morgan fingerprint density at radius 1 is 0.925 bits per heavy atom. The van der Waals surface area contributed by atoms with Gasteiger partial charge in [-0.25, -0.2) is 5.01 Å². The van der Waals surface area contributed by atoms with Crippen LogP contribution in [0.2, 0.25) is 0 Å². The van der Waals surface area contributed by atoms with Crippen LogP contribution in [-0.4, -0.2) is 77.3 Å². The summed E-state index contributed by atoms with van der Waals surface area (Å²) in [6.07, 6.45) is 6.50. The summed E-state index contributed by atoms with van der Waals surface area (Å²) in [5.74, 6) is -0.805. The molecule has 8 nitrogen and oxygen atoms in total. The van der Waals surface area contributed by atoms with Crippen LogP contribution in [0.25, 0.3) is 0 Å². The minimum absolute atomic E-state index is 0.227. The highest BCUT2D eigenvalue weighted by Crippen LogP contribution is 2.17. The molecule has 8 heteroatoms. The van der Waals surface area contributed by atoms with Crippen LogP contribution < -0.4 is 11.2 Å². The minimum atomic E-state index is -0.798. The van der Waals surface area contributed by atoms with Gasteiger partial charge in [0, 0.05) is 45.6 Å². The summed E-state index contributed by atoms with van der Waals surface area (Å²) in [4.78, 5) is 43.9. The number of amides is 3. The van der Waals surface area contributed by atoms with Crippen molar-refractivity contribution in [2.75, 3.05) is 27.2 Å². The number of carbonyl (C=O) groups is 3. The maximum atomic E-state index is 14.2. The van der Waals surface area contributed by atoms with Gasteiger partial charge in [-0.05, 0) is 57.2 Å². The van der Waals surface area contributed by atoms with Crippen molar-refractivity contribution in [2.45, 2.75) is 70.5 Å². The average molecular weight is 548 g/mol. The Bertz CT molecular complexity index is 1150. The predicted molar refractivity (Wildman–Crippen MR) is 159 cm³/mol. The Morgan fingerprint density at radius 3 is 2.10 bits per heavy atom. The van der Waals surface area contributed by atoms with Crippen LogP contribution in [0.15, 0.2) is 66.7 Å².